The number of hydrogen-bond donors (Lipinski definition) is 1. The molecule has 7 rings (SSSR count). The molecule has 1 atom stereocenters. The summed E-state index contributed by atoms with van der Waals surface area (Å²) in [7, 11) is 0. The maximum Gasteiger partial charge on any atom is 0.255 e. The third-order valence-corrected chi connectivity index (χ3v) is 9.01. The van der Waals surface area contributed by atoms with E-state index in [4.69, 9.17) is 0 Å². The van der Waals surface area contributed by atoms with E-state index in [2.05, 4.69) is 34.5 Å². The number of anilines is 2. The van der Waals surface area contributed by atoms with Gasteiger partial charge in [-0.1, -0.05) is 42.5 Å². The van der Waals surface area contributed by atoms with E-state index in [0.717, 1.165) is 55.0 Å². The number of rotatable bonds is 5. The summed E-state index contributed by atoms with van der Waals surface area (Å²) < 4.78 is 0. The van der Waals surface area contributed by atoms with Gasteiger partial charge in [0.05, 0.1) is 12.1 Å². The zero-order valence-electron chi connectivity index (χ0n) is 22.8. The molecule has 0 aromatic heterocycles. The molecular formula is C33H32N4O4. The van der Waals surface area contributed by atoms with Gasteiger partial charge in [0, 0.05) is 30.8 Å². The number of fused-ring (bicyclic) bond motifs is 2. The van der Waals surface area contributed by atoms with Crippen LogP contribution >= 0.6 is 0 Å². The molecule has 8 heteroatoms. The van der Waals surface area contributed by atoms with Gasteiger partial charge < -0.3 is 4.90 Å². The quantitative estimate of drug-likeness (QED) is 0.486. The Morgan fingerprint density at radius 2 is 1.66 bits per heavy atom. The van der Waals surface area contributed by atoms with Gasteiger partial charge in [0.25, 0.3) is 5.91 Å². The molecule has 2 saturated heterocycles. The molecule has 0 radical (unpaired) electrons. The van der Waals surface area contributed by atoms with Crippen molar-refractivity contribution in [3.63, 3.8) is 0 Å². The molecule has 208 valence electrons. The number of nitrogens with one attached hydrogen (secondary N) is 1. The van der Waals surface area contributed by atoms with E-state index in [1.54, 1.807) is 4.90 Å². The second-order valence-electron chi connectivity index (χ2n) is 11.6. The number of para-hydroxylation sites is 1. The molecule has 2 fully saturated rings. The lowest BCUT2D eigenvalue weighted by atomic mass is 9.87. The van der Waals surface area contributed by atoms with E-state index in [9.17, 15) is 19.2 Å². The van der Waals surface area contributed by atoms with Crippen LogP contribution < -0.4 is 10.2 Å². The van der Waals surface area contributed by atoms with E-state index in [0.29, 0.717) is 30.9 Å². The van der Waals surface area contributed by atoms with E-state index < -0.39 is 6.04 Å². The van der Waals surface area contributed by atoms with Crippen molar-refractivity contribution in [2.24, 2.45) is 0 Å². The van der Waals surface area contributed by atoms with Gasteiger partial charge in [-0.3, -0.25) is 34.3 Å². The minimum absolute atomic E-state index is 0.112. The Balaban J connectivity index is 0.988. The van der Waals surface area contributed by atoms with E-state index >= 15 is 0 Å². The van der Waals surface area contributed by atoms with Gasteiger partial charge in [-0.15, -0.1) is 0 Å². The number of hydrogen-bond acceptors (Lipinski definition) is 5. The highest BCUT2D eigenvalue weighted by Gasteiger charge is 2.39. The van der Waals surface area contributed by atoms with E-state index in [1.807, 2.05) is 47.4 Å². The van der Waals surface area contributed by atoms with Crippen LogP contribution in [0.15, 0.2) is 66.7 Å². The van der Waals surface area contributed by atoms with Gasteiger partial charge in [0.1, 0.15) is 6.04 Å². The number of imide groups is 1. The van der Waals surface area contributed by atoms with Gasteiger partial charge in [-0.05, 0) is 84.8 Å². The molecule has 4 aliphatic rings. The zero-order chi connectivity index (χ0) is 28.1. The van der Waals surface area contributed by atoms with Gasteiger partial charge in [-0.2, -0.15) is 0 Å². The predicted octanol–water partition coefficient (Wildman–Crippen LogP) is 4.05. The molecule has 4 aliphatic heterocycles. The Kier molecular flexibility index (Phi) is 6.43. The van der Waals surface area contributed by atoms with Crippen molar-refractivity contribution >= 4 is 35.0 Å². The maximum absolute atomic E-state index is 13.0. The van der Waals surface area contributed by atoms with Crippen molar-refractivity contribution in [3.8, 4) is 0 Å². The number of nitrogens with zero attached hydrogens (tertiary/aromatic N) is 3. The molecule has 0 spiro atoms. The number of carbonyl (C=O) groups is 4. The second-order valence-corrected chi connectivity index (χ2v) is 11.6. The standard InChI is InChI=1S/C33H32N4O4/c38-30-11-10-29(32(40)34-30)36-20-25-17-23(8-9-27(25)33(36)41)22-12-14-35(15-13-22)19-21-4-3-6-26(16-21)37-28-7-2-1-5-24(28)18-31(37)39/h1-9,16-17,22,29H,10-15,18-20H2,(H,34,38,40). The fourth-order valence-corrected chi connectivity index (χ4v) is 6.86. The first-order chi connectivity index (χ1) is 19.9. The maximum atomic E-state index is 13.0. The van der Waals surface area contributed by atoms with Crippen LogP contribution in [-0.2, 0) is 33.9 Å². The van der Waals surface area contributed by atoms with Crippen molar-refractivity contribution in [1.29, 1.82) is 0 Å². The van der Waals surface area contributed by atoms with Gasteiger partial charge in [-0.25, -0.2) is 0 Å². The molecule has 3 aromatic carbocycles. The molecule has 0 bridgehead atoms. The molecule has 8 nitrogen and oxygen atoms in total. The number of amides is 4. The lowest BCUT2D eigenvalue weighted by Gasteiger charge is -2.32. The van der Waals surface area contributed by atoms with Crippen molar-refractivity contribution in [3.05, 3.63) is 94.5 Å². The average molecular weight is 549 g/mol. The molecule has 1 N–H and O–H groups in total. The molecular weight excluding hydrogens is 516 g/mol. The van der Waals surface area contributed by atoms with Crippen LogP contribution in [0.2, 0.25) is 0 Å². The summed E-state index contributed by atoms with van der Waals surface area (Å²) in [6.07, 6.45) is 3.14. The first kappa shape index (κ1) is 25.7. The fraction of sp³-hybridized carbons (Fsp3) is 0.333. The number of carbonyl (C=O) groups excluding carboxylic acids is 4. The molecule has 4 amide bonds. The fourth-order valence-electron chi connectivity index (χ4n) is 6.86. The number of benzene rings is 3. The minimum atomic E-state index is -0.587. The Bertz CT molecular complexity index is 1570. The van der Waals surface area contributed by atoms with Crippen LogP contribution in [0.3, 0.4) is 0 Å². The van der Waals surface area contributed by atoms with Gasteiger partial charge >= 0.3 is 0 Å². The smallest absolute Gasteiger partial charge is 0.255 e. The zero-order valence-corrected chi connectivity index (χ0v) is 22.8. The molecule has 1 unspecified atom stereocenters. The van der Waals surface area contributed by atoms with Gasteiger partial charge in [0.15, 0.2) is 0 Å². The number of piperidine rings is 2. The molecule has 0 saturated carbocycles. The topological polar surface area (TPSA) is 90.0 Å². The van der Waals surface area contributed by atoms with Crippen molar-refractivity contribution < 1.29 is 19.2 Å². The van der Waals surface area contributed by atoms with Gasteiger partial charge in [0.2, 0.25) is 17.7 Å². The summed E-state index contributed by atoms with van der Waals surface area (Å²) in [4.78, 5) is 55.7. The molecule has 41 heavy (non-hydrogen) atoms. The normalized spacial score (nSPS) is 21.3. The first-order valence-electron chi connectivity index (χ1n) is 14.4. The Labute approximate surface area is 238 Å². The van der Waals surface area contributed by atoms with Crippen molar-refractivity contribution in [1.82, 2.24) is 15.1 Å². The summed E-state index contributed by atoms with van der Waals surface area (Å²) in [6.45, 7) is 3.19. The third-order valence-electron chi connectivity index (χ3n) is 9.01. The highest BCUT2D eigenvalue weighted by Crippen LogP contribution is 2.37. The summed E-state index contributed by atoms with van der Waals surface area (Å²) in [6, 6.07) is 21.8. The summed E-state index contributed by atoms with van der Waals surface area (Å²) in [5.41, 5.74) is 7.05. The first-order valence-corrected chi connectivity index (χ1v) is 14.4. The monoisotopic (exact) mass is 548 g/mol. The van der Waals surface area contributed by atoms with Crippen LogP contribution in [-0.4, -0.2) is 52.6 Å². The van der Waals surface area contributed by atoms with Crippen LogP contribution in [0.1, 0.15) is 64.2 Å². The van der Waals surface area contributed by atoms with Crippen LogP contribution in [0.5, 0.6) is 0 Å². The third kappa shape index (κ3) is 4.72. The highest BCUT2D eigenvalue weighted by molar-refractivity contribution is 6.07. The largest absolute Gasteiger partial charge is 0.322 e. The lowest BCUT2D eigenvalue weighted by molar-refractivity contribution is -0.137. The lowest BCUT2D eigenvalue weighted by Crippen LogP contribution is -2.52. The van der Waals surface area contributed by atoms with E-state index in [1.165, 1.54) is 11.1 Å². The molecule has 0 aliphatic carbocycles. The minimum Gasteiger partial charge on any atom is -0.322 e. The van der Waals surface area contributed by atoms with Crippen LogP contribution in [0, 0.1) is 0 Å². The molecule has 3 aromatic rings. The SMILES string of the molecule is O=C1CCC(N2Cc3cc(C4CCN(Cc5cccc(N6C(=O)Cc7ccccc76)c5)CC4)ccc3C2=O)C(=O)N1. The average Bonchev–Trinajstić information content (AvgIpc) is 3.49. The second kappa shape index (κ2) is 10.3. The highest BCUT2D eigenvalue weighted by atomic mass is 16.2. The van der Waals surface area contributed by atoms with Crippen molar-refractivity contribution in [2.45, 2.75) is 57.2 Å². The van der Waals surface area contributed by atoms with E-state index in [-0.39, 0.29) is 30.0 Å². The summed E-state index contributed by atoms with van der Waals surface area (Å²) in [5.74, 6) is -0.249. The molecule has 4 heterocycles. The summed E-state index contributed by atoms with van der Waals surface area (Å²) in [5, 5.41) is 2.37. The Hall–Kier alpha value is -4.30. The summed E-state index contributed by atoms with van der Waals surface area (Å²) >= 11 is 0. The Morgan fingerprint density at radius 3 is 2.49 bits per heavy atom. The van der Waals surface area contributed by atoms with Crippen molar-refractivity contribution in [2.75, 3.05) is 18.0 Å². The Morgan fingerprint density at radius 1 is 0.829 bits per heavy atom. The number of likely N-dealkylation sites (tertiary alicyclic amines) is 1. The predicted molar refractivity (Wildman–Crippen MR) is 153 cm³/mol. The van der Waals surface area contributed by atoms with Crippen LogP contribution in [0.4, 0.5) is 11.4 Å². The van der Waals surface area contributed by atoms with Crippen LogP contribution in [0.25, 0.3) is 0 Å².